The van der Waals surface area contributed by atoms with Crippen LogP contribution < -0.4 is 5.73 Å². The van der Waals surface area contributed by atoms with E-state index in [1.54, 1.807) is 0 Å². The average molecular weight is 369 g/mol. The van der Waals surface area contributed by atoms with Crippen LogP contribution in [0.3, 0.4) is 0 Å². The van der Waals surface area contributed by atoms with Gasteiger partial charge in [0.25, 0.3) is 0 Å². The topological polar surface area (TPSA) is 97.5 Å². The number of rotatable bonds is 4. The minimum absolute atomic E-state index is 0. The van der Waals surface area contributed by atoms with Crippen LogP contribution in [0.25, 0.3) is 0 Å². The molecule has 1 aromatic rings. The molecular formula is C13H21ClN2O4S2. The monoisotopic (exact) mass is 368 g/mol. The van der Waals surface area contributed by atoms with Crippen LogP contribution in [0.15, 0.2) is 34.1 Å². The van der Waals surface area contributed by atoms with Crippen molar-refractivity contribution in [3.63, 3.8) is 0 Å². The first-order chi connectivity index (χ1) is 9.62. The standard InChI is InChI=1S/C13H20N2O4S2.ClH/c1-10(14)11-7-8-15(9-11)21(18,19)13-5-3-12(4-6-13)20(2,16)17;/h3-6,10-11H,7-9,14H2,1-2H3;1H. The number of halogens is 1. The number of nitrogens with zero attached hydrogens (tertiary/aromatic N) is 1. The molecule has 1 aliphatic rings. The zero-order chi connectivity index (χ0) is 15.8. The van der Waals surface area contributed by atoms with Crippen molar-refractivity contribution < 1.29 is 16.8 Å². The molecule has 1 aliphatic heterocycles. The van der Waals surface area contributed by atoms with E-state index in [4.69, 9.17) is 5.73 Å². The molecule has 1 heterocycles. The fourth-order valence-corrected chi connectivity index (χ4v) is 4.55. The van der Waals surface area contributed by atoms with Crippen LogP contribution in [0.1, 0.15) is 13.3 Å². The molecule has 2 atom stereocenters. The molecule has 0 saturated carbocycles. The minimum Gasteiger partial charge on any atom is -0.328 e. The Bertz CT molecular complexity index is 715. The van der Waals surface area contributed by atoms with Crippen LogP contribution in [-0.4, -0.2) is 46.5 Å². The largest absolute Gasteiger partial charge is 0.328 e. The molecule has 0 bridgehead atoms. The van der Waals surface area contributed by atoms with Gasteiger partial charge in [0.2, 0.25) is 10.0 Å². The van der Waals surface area contributed by atoms with Crippen LogP contribution in [0.4, 0.5) is 0 Å². The van der Waals surface area contributed by atoms with E-state index >= 15 is 0 Å². The third kappa shape index (κ3) is 3.99. The van der Waals surface area contributed by atoms with Crippen molar-refractivity contribution in [1.29, 1.82) is 0 Å². The maximum absolute atomic E-state index is 12.5. The number of nitrogens with two attached hydrogens (primary N) is 1. The summed E-state index contributed by atoms with van der Waals surface area (Å²) in [6.45, 7) is 2.73. The van der Waals surface area contributed by atoms with E-state index in [9.17, 15) is 16.8 Å². The molecule has 0 aromatic heterocycles. The predicted octanol–water partition coefficient (Wildman–Crippen LogP) is 0.870. The molecule has 0 spiro atoms. The Morgan fingerprint density at radius 1 is 1.14 bits per heavy atom. The molecule has 1 aromatic carbocycles. The molecule has 6 nitrogen and oxygen atoms in total. The normalized spacial score (nSPS) is 21.3. The van der Waals surface area contributed by atoms with E-state index in [2.05, 4.69) is 0 Å². The SMILES string of the molecule is CC(N)C1CCN(S(=O)(=O)c2ccc(S(C)(=O)=O)cc2)C1.Cl. The van der Waals surface area contributed by atoms with Gasteiger partial charge in [0.1, 0.15) is 0 Å². The molecule has 0 radical (unpaired) electrons. The zero-order valence-electron chi connectivity index (χ0n) is 12.5. The Morgan fingerprint density at radius 2 is 1.64 bits per heavy atom. The van der Waals surface area contributed by atoms with Crippen LogP contribution in [-0.2, 0) is 19.9 Å². The Hall–Kier alpha value is -0.670. The summed E-state index contributed by atoms with van der Waals surface area (Å²) in [7, 11) is -6.91. The fraction of sp³-hybridized carbons (Fsp3) is 0.538. The summed E-state index contributed by atoms with van der Waals surface area (Å²) < 4.78 is 49.2. The van der Waals surface area contributed by atoms with E-state index in [-0.39, 0.29) is 34.2 Å². The second kappa shape index (κ2) is 6.84. The molecule has 2 rings (SSSR count). The molecule has 22 heavy (non-hydrogen) atoms. The summed E-state index contributed by atoms with van der Waals surface area (Å²) in [6, 6.07) is 5.27. The number of hydrogen-bond acceptors (Lipinski definition) is 5. The lowest BCUT2D eigenvalue weighted by Crippen LogP contribution is -2.33. The molecule has 2 unspecified atom stereocenters. The second-order valence-electron chi connectivity index (χ2n) is 5.51. The number of sulfonamides is 1. The second-order valence-corrected chi connectivity index (χ2v) is 9.47. The van der Waals surface area contributed by atoms with Crippen molar-refractivity contribution in [2.24, 2.45) is 11.7 Å². The van der Waals surface area contributed by atoms with Crippen molar-refractivity contribution in [1.82, 2.24) is 4.31 Å². The van der Waals surface area contributed by atoms with E-state index < -0.39 is 19.9 Å². The Balaban J connectivity index is 0.00000242. The summed E-state index contributed by atoms with van der Waals surface area (Å²) in [6.07, 6.45) is 1.84. The van der Waals surface area contributed by atoms with Gasteiger partial charge in [-0.2, -0.15) is 4.31 Å². The van der Waals surface area contributed by atoms with Crippen molar-refractivity contribution in [2.75, 3.05) is 19.3 Å². The highest BCUT2D eigenvalue weighted by Crippen LogP contribution is 2.26. The van der Waals surface area contributed by atoms with Crippen LogP contribution >= 0.6 is 12.4 Å². The van der Waals surface area contributed by atoms with Crippen LogP contribution in [0.5, 0.6) is 0 Å². The van der Waals surface area contributed by atoms with Gasteiger partial charge < -0.3 is 5.73 Å². The molecule has 126 valence electrons. The maximum Gasteiger partial charge on any atom is 0.243 e. The predicted molar refractivity (Wildman–Crippen MR) is 87.3 cm³/mol. The van der Waals surface area contributed by atoms with Gasteiger partial charge in [-0.25, -0.2) is 16.8 Å². The first kappa shape index (κ1) is 19.4. The van der Waals surface area contributed by atoms with Crippen LogP contribution in [0.2, 0.25) is 0 Å². The first-order valence-corrected chi connectivity index (χ1v) is 10.0. The number of benzene rings is 1. The maximum atomic E-state index is 12.5. The molecule has 9 heteroatoms. The lowest BCUT2D eigenvalue weighted by Gasteiger charge is -2.18. The molecule has 0 aliphatic carbocycles. The lowest BCUT2D eigenvalue weighted by atomic mass is 10.0. The Kier molecular flexibility index (Phi) is 6.02. The average Bonchev–Trinajstić information content (AvgIpc) is 2.88. The highest BCUT2D eigenvalue weighted by atomic mass is 35.5. The Morgan fingerprint density at radius 3 is 2.05 bits per heavy atom. The van der Waals surface area contributed by atoms with Crippen molar-refractivity contribution >= 4 is 32.3 Å². The summed E-state index contributed by atoms with van der Waals surface area (Å²) >= 11 is 0. The van der Waals surface area contributed by atoms with Crippen molar-refractivity contribution in [3.8, 4) is 0 Å². The van der Waals surface area contributed by atoms with E-state index in [1.165, 1.54) is 28.6 Å². The molecule has 0 amide bonds. The van der Waals surface area contributed by atoms with Gasteiger partial charge >= 0.3 is 0 Å². The Labute approximate surface area is 138 Å². The third-order valence-corrected chi connectivity index (χ3v) is 6.83. The summed E-state index contributed by atoms with van der Waals surface area (Å²) in [5.41, 5.74) is 5.82. The minimum atomic E-state index is -3.58. The summed E-state index contributed by atoms with van der Waals surface area (Å²) in [4.78, 5) is 0.219. The number of sulfone groups is 1. The molecule has 2 N–H and O–H groups in total. The van der Waals surface area contributed by atoms with E-state index in [0.29, 0.717) is 13.1 Å². The summed E-state index contributed by atoms with van der Waals surface area (Å²) in [5, 5.41) is 0. The smallest absolute Gasteiger partial charge is 0.243 e. The third-order valence-electron chi connectivity index (χ3n) is 3.82. The van der Waals surface area contributed by atoms with E-state index in [1.807, 2.05) is 6.92 Å². The van der Waals surface area contributed by atoms with Gasteiger partial charge in [0.15, 0.2) is 9.84 Å². The fourth-order valence-electron chi connectivity index (χ4n) is 2.41. The van der Waals surface area contributed by atoms with Gasteiger partial charge in [-0.05, 0) is 43.5 Å². The van der Waals surface area contributed by atoms with E-state index in [0.717, 1.165) is 12.7 Å². The molecule has 1 fully saturated rings. The highest BCUT2D eigenvalue weighted by Gasteiger charge is 2.33. The van der Waals surface area contributed by atoms with Crippen molar-refractivity contribution in [2.45, 2.75) is 29.2 Å². The quantitative estimate of drug-likeness (QED) is 0.850. The van der Waals surface area contributed by atoms with Gasteiger partial charge in [-0.15, -0.1) is 12.4 Å². The number of hydrogen-bond donors (Lipinski definition) is 1. The van der Waals surface area contributed by atoms with Gasteiger partial charge in [0, 0.05) is 25.4 Å². The van der Waals surface area contributed by atoms with Crippen LogP contribution in [0, 0.1) is 5.92 Å². The summed E-state index contributed by atoms with van der Waals surface area (Å²) in [5.74, 6) is 0.162. The van der Waals surface area contributed by atoms with Crippen molar-refractivity contribution in [3.05, 3.63) is 24.3 Å². The molecular weight excluding hydrogens is 348 g/mol. The van der Waals surface area contributed by atoms with Gasteiger partial charge in [0.05, 0.1) is 9.79 Å². The van der Waals surface area contributed by atoms with Gasteiger partial charge in [-0.1, -0.05) is 0 Å². The first-order valence-electron chi connectivity index (χ1n) is 6.68. The lowest BCUT2D eigenvalue weighted by molar-refractivity contribution is 0.429. The highest BCUT2D eigenvalue weighted by molar-refractivity contribution is 7.90. The van der Waals surface area contributed by atoms with Gasteiger partial charge in [-0.3, -0.25) is 0 Å². The zero-order valence-corrected chi connectivity index (χ0v) is 14.9. The molecule has 1 saturated heterocycles.